The Morgan fingerprint density at radius 1 is 1.03 bits per heavy atom. The molecule has 0 atom stereocenters. The predicted octanol–water partition coefficient (Wildman–Crippen LogP) is 4.98. The zero-order valence-corrected chi connectivity index (χ0v) is 20.3. The second kappa shape index (κ2) is 8.98. The molecule has 1 fully saturated rings. The van der Waals surface area contributed by atoms with E-state index in [9.17, 15) is 10.5 Å². The molecule has 1 aliphatic heterocycles. The van der Waals surface area contributed by atoms with E-state index in [2.05, 4.69) is 46.9 Å². The average Bonchev–Trinajstić information content (AvgIpc) is 3.43. The number of aryl methyl sites for hydroxylation is 1. The van der Waals surface area contributed by atoms with Gasteiger partial charge in [0.05, 0.1) is 35.1 Å². The van der Waals surface area contributed by atoms with Gasteiger partial charge in [-0.05, 0) is 64.5 Å². The topological polar surface area (TPSA) is 85.9 Å². The van der Waals surface area contributed by atoms with Crippen LogP contribution in [0.25, 0.3) is 16.6 Å². The van der Waals surface area contributed by atoms with Crippen LogP contribution in [0.1, 0.15) is 41.3 Å². The van der Waals surface area contributed by atoms with Crippen LogP contribution >= 0.6 is 11.8 Å². The molecule has 1 aromatic carbocycles. The molecule has 170 valence electrons. The maximum atomic E-state index is 9.72. The van der Waals surface area contributed by atoms with Crippen molar-refractivity contribution in [2.45, 2.75) is 42.5 Å². The lowest BCUT2D eigenvalue weighted by molar-refractivity contribution is 0.210. The number of likely N-dealkylation sites (tertiary alicyclic amines) is 1. The van der Waals surface area contributed by atoms with E-state index >= 15 is 0 Å². The van der Waals surface area contributed by atoms with E-state index in [0.717, 1.165) is 63.6 Å². The first-order valence-electron chi connectivity index (χ1n) is 11.3. The maximum Gasteiger partial charge on any atom is 0.103 e. The van der Waals surface area contributed by atoms with E-state index in [1.54, 1.807) is 10.7 Å². The van der Waals surface area contributed by atoms with Gasteiger partial charge < -0.3 is 4.90 Å². The van der Waals surface area contributed by atoms with Crippen molar-refractivity contribution in [3.05, 3.63) is 65.2 Å². The molecule has 0 radical (unpaired) electrons. The van der Waals surface area contributed by atoms with Crippen LogP contribution in [-0.4, -0.2) is 44.4 Å². The van der Waals surface area contributed by atoms with Crippen molar-refractivity contribution in [2.75, 3.05) is 20.1 Å². The van der Waals surface area contributed by atoms with Crippen LogP contribution in [0.4, 0.5) is 0 Å². The van der Waals surface area contributed by atoms with Gasteiger partial charge in [-0.15, -0.1) is 0 Å². The summed E-state index contributed by atoms with van der Waals surface area (Å²) in [6, 6.07) is 12.9. The van der Waals surface area contributed by atoms with Gasteiger partial charge in [-0.2, -0.15) is 20.7 Å². The molecule has 1 saturated heterocycles. The minimum absolute atomic E-state index is 0.405. The molecule has 1 aliphatic rings. The van der Waals surface area contributed by atoms with Crippen molar-refractivity contribution in [2.24, 2.45) is 0 Å². The van der Waals surface area contributed by atoms with Crippen LogP contribution in [-0.2, 0) is 0 Å². The number of pyridine rings is 1. The molecule has 0 aliphatic carbocycles. The minimum atomic E-state index is 0.405. The van der Waals surface area contributed by atoms with Crippen LogP contribution in [0.3, 0.4) is 0 Å². The van der Waals surface area contributed by atoms with Gasteiger partial charge >= 0.3 is 0 Å². The Hall–Kier alpha value is -3.59. The van der Waals surface area contributed by atoms with Crippen LogP contribution in [0, 0.1) is 36.5 Å². The fourth-order valence-corrected chi connectivity index (χ4v) is 5.87. The molecule has 0 amide bonds. The van der Waals surface area contributed by atoms with E-state index in [1.165, 1.54) is 11.8 Å². The zero-order valence-electron chi connectivity index (χ0n) is 19.5. The fourth-order valence-electron chi connectivity index (χ4n) is 4.69. The third-order valence-corrected chi connectivity index (χ3v) is 7.74. The second-order valence-electron chi connectivity index (χ2n) is 8.84. The monoisotopic (exact) mass is 467 g/mol. The van der Waals surface area contributed by atoms with Gasteiger partial charge in [0.1, 0.15) is 12.1 Å². The number of fused-ring (bicyclic) bond motifs is 1. The van der Waals surface area contributed by atoms with Gasteiger partial charge in [-0.1, -0.05) is 23.9 Å². The van der Waals surface area contributed by atoms with Crippen molar-refractivity contribution >= 4 is 17.3 Å². The Morgan fingerprint density at radius 2 is 1.82 bits per heavy atom. The highest BCUT2D eigenvalue weighted by molar-refractivity contribution is 7.99. The van der Waals surface area contributed by atoms with Crippen molar-refractivity contribution in [1.29, 1.82) is 10.5 Å². The summed E-state index contributed by atoms with van der Waals surface area (Å²) in [4.78, 5) is 4.12. The summed E-state index contributed by atoms with van der Waals surface area (Å²) in [5.74, 6) is 0. The van der Waals surface area contributed by atoms with E-state index in [-0.39, 0.29) is 0 Å². The first-order valence-corrected chi connectivity index (χ1v) is 12.1. The first-order chi connectivity index (χ1) is 16.5. The van der Waals surface area contributed by atoms with Crippen molar-refractivity contribution < 1.29 is 0 Å². The smallest absolute Gasteiger partial charge is 0.103 e. The van der Waals surface area contributed by atoms with Gasteiger partial charge in [0.25, 0.3) is 0 Å². The van der Waals surface area contributed by atoms with Gasteiger partial charge in [0, 0.05) is 32.8 Å². The summed E-state index contributed by atoms with van der Waals surface area (Å²) in [7, 11) is 2.16. The molecule has 0 spiro atoms. The normalized spacial score (nSPS) is 14.9. The summed E-state index contributed by atoms with van der Waals surface area (Å²) >= 11 is 1.50. The highest BCUT2D eigenvalue weighted by Crippen LogP contribution is 2.38. The van der Waals surface area contributed by atoms with Crippen LogP contribution in [0.2, 0.25) is 0 Å². The summed E-state index contributed by atoms with van der Waals surface area (Å²) < 4.78 is 3.93. The highest BCUT2D eigenvalue weighted by atomic mass is 32.2. The lowest BCUT2D eigenvalue weighted by atomic mass is 10.0. The SMILES string of the molecule is Cc1cccc(Sc2cc(-c3cnn(C4CCN(C)CC4)c3C)cn3ncc(C#N)c23)c1C#N. The predicted molar refractivity (Wildman–Crippen MR) is 132 cm³/mol. The van der Waals surface area contributed by atoms with Crippen molar-refractivity contribution in [1.82, 2.24) is 24.3 Å². The molecule has 4 heterocycles. The molecule has 0 saturated carbocycles. The van der Waals surface area contributed by atoms with Crippen LogP contribution in [0.15, 0.2) is 52.6 Å². The largest absolute Gasteiger partial charge is 0.306 e. The number of benzene rings is 1. The van der Waals surface area contributed by atoms with E-state index < -0.39 is 0 Å². The Balaban J connectivity index is 1.60. The van der Waals surface area contributed by atoms with Gasteiger partial charge in [-0.3, -0.25) is 4.68 Å². The molecular weight excluding hydrogens is 442 g/mol. The lowest BCUT2D eigenvalue weighted by Crippen LogP contribution is -2.32. The quantitative estimate of drug-likeness (QED) is 0.421. The number of aromatic nitrogens is 4. The molecule has 3 aromatic heterocycles. The molecule has 5 rings (SSSR count). The molecule has 0 bridgehead atoms. The van der Waals surface area contributed by atoms with Crippen molar-refractivity contribution in [3.63, 3.8) is 0 Å². The van der Waals surface area contributed by atoms with E-state index in [0.29, 0.717) is 17.2 Å². The Morgan fingerprint density at radius 3 is 2.56 bits per heavy atom. The summed E-state index contributed by atoms with van der Waals surface area (Å²) in [5, 5.41) is 28.6. The molecule has 8 heteroatoms. The van der Waals surface area contributed by atoms with E-state index in [4.69, 9.17) is 5.10 Å². The maximum absolute atomic E-state index is 9.72. The standard InChI is InChI=1S/C26H25N7S/c1-17-5-4-6-24(22(17)13-28)34-25-11-19(16-32-26(25)20(12-27)14-29-32)23-15-30-33(18(23)2)21-7-9-31(3)10-8-21/h4-6,11,14-16,21H,7-10H2,1-3H3. The number of nitrogens with zero attached hydrogens (tertiary/aromatic N) is 7. The number of rotatable bonds is 4. The molecular formula is C26H25N7S. The molecule has 0 unspecified atom stereocenters. The second-order valence-corrected chi connectivity index (χ2v) is 9.92. The summed E-state index contributed by atoms with van der Waals surface area (Å²) in [6.45, 7) is 6.21. The Labute approximate surface area is 203 Å². The summed E-state index contributed by atoms with van der Waals surface area (Å²) in [5.41, 5.74) is 6.03. The number of nitriles is 2. The number of hydrogen-bond acceptors (Lipinski definition) is 6. The average molecular weight is 468 g/mol. The van der Waals surface area contributed by atoms with Gasteiger partial charge in [0.2, 0.25) is 0 Å². The minimum Gasteiger partial charge on any atom is -0.306 e. The van der Waals surface area contributed by atoms with E-state index in [1.807, 2.05) is 37.5 Å². The Bertz CT molecular complexity index is 1460. The van der Waals surface area contributed by atoms with Crippen LogP contribution < -0.4 is 0 Å². The Kier molecular flexibility index (Phi) is 5.87. The van der Waals surface area contributed by atoms with Crippen molar-refractivity contribution in [3.8, 4) is 23.3 Å². The first kappa shape index (κ1) is 22.2. The van der Waals surface area contributed by atoms with Gasteiger partial charge in [-0.25, -0.2) is 4.52 Å². The molecule has 0 N–H and O–H groups in total. The molecule has 34 heavy (non-hydrogen) atoms. The zero-order chi connectivity index (χ0) is 23.8. The molecule has 7 nitrogen and oxygen atoms in total. The van der Waals surface area contributed by atoms with Gasteiger partial charge in [0.15, 0.2) is 0 Å². The lowest BCUT2D eigenvalue weighted by Gasteiger charge is -2.29. The molecule has 4 aromatic rings. The summed E-state index contributed by atoms with van der Waals surface area (Å²) in [6.07, 6.45) is 7.68. The highest BCUT2D eigenvalue weighted by Gasteiger charge is 2.23. The number of piperidine rings is 1. The fraction of sp³-hybridized carbons (Fsp3) is 0.308. The van der Waals surface area contributed by atoms with Crippen LogP contribution in [0.5, 0.6) is 0 Å². The third-order valence-electron chi connectivity index (χ3n) is 6.65. The third kappa shape index (κ3) is 3.86. The number of hydrogen-bond donors (Lipinski definition) is 0.